The van der Waals surface area contributed by atoms with Gasteiger partial charge in [0.15, 0.2) is 5.75 Å². The molecule has 1 heterocycles. The van der Waals surface area contributed by atoms with Gasteiger partial charge in [0.2, 0.25) is 0 Å². The highest BCUT2D eigenvalue weighted by molar-refractivity contribution is 6.37. The number of rotatable bonds is 5. The lowest BCUT2D eigenvalue weighted by Crippen LogP contribution is -2.00. The van der Waals surface area contributed by atoms with Crippen molar-refractivity contribution in [2.24, 2.45) is 0 Å². The van der Waals surface area contributed by atoms with E-state index in [2.05, 4.69) is 4.98 Å². The molecule has 0 aliphatic carbocycles. The number of pyridine rings is 1. The molecule has 3 nitrogen and oxygen atoms in total. The van der Waals surface area contributed by atoms with E-state index in [1.165, 1.54) is 17.7 Å². The molecule has 1 aromatic carbocycles. The van der Waals surface area contributed by atoms with E-state index in [4.69, 9.17) is 27.9 Å². The smallest absolute Gasteiger partial charge is 0.156 e. The van der Waals surface area contributed by atoms with E-state index in [1.807, 2.05) is 12.1 Å². The Balaban J connectivity index is 1.86. The Morgan fingerprint density at radius 1 is 1.11 bits per heavy atom. The maximum absolute atomic E-state index is 9.31. The minimum absolute atomic E-state index is 0.0270. The van der Waals surface area contributed by atoms with Gasteiger partial charge in [-0.2, -0.15) is 0 Å². The molecule has 0 radical (unpaired) electrons. The van der Waals surface area contributed by atoms with Crippen LogP contribution in [0.25, 0.3) is 0 Å². The van der Waals surface area contributed by atoms with Crippen molar-refractivity contribution in [3.8, 4) is 11.5 Å². The Bertz CT molecular complexity index is 523. The molecule has 2 aromatic rings. The highest BCUT2D eigenvalue weighted by Crippen LogP contribution is 2.36. The van der Waals surface area contributed by atoms with Gasteiger partial charge in [-0.1, -0.05) is 23.2 Å². The van der Waals surface area contributed by atoms with Crippen LogP contribution in [-0.4, -0.2) is 16.7 Å². The summed E-state index contributed by atoms with van der Waals surface area (Å²) in [5, 5.41) is 9.94. The van der Waals surface area contributed by atoms with Gasteiger partial charge in [0.1, 0.15) is 5.75 Å². The highest BCUT2D eigenvalue weighted by Gasteiger charge is 2.09. The SMILES string of the molecule is Oc1cc(Cl)c(OCCCc2ccncc2)c(Cl)c1. The quantitative estimate of drug-likeness (QED) is 0.845. The summed E-state index contributed by atoms with van der Waals surface area (Å²) in [5.74, 6) is 0.440. The van der Waals surface area contributed by atoms with Crippen LogP contribution in [0.15, 0.2) is 36.7 Å². The molecule has 100 valence electrons. The lowest BCUT2D eigenvalue weighted by Gasteiger charge is -2.10. The summed E-state index contributed by atoms with van der Waals surface area (Å²) < 4.78 is 5.55. The van der Waals surface area contributed by atoms with Crippen LogP contribution in [0.5, 0.6) is 11.5 Å². The molecule has 0 fully saturated rings. The van der Waals surface area contributed by atoms with Crippen LogP contribution < -0.4 is 4.74 Å². The van der Waals surface area contributed by atoms with Crippen LogP contribution in [0.2, 0.25) is 10.0 Å². The van der Waals surface area contributed by atoms with E-state index >= 15 is 0 Å². The monoisotopic (exact) mass is 297 g/mol. The first-order valence-electron chi connectivity index (χ1n) is 5.86. The fourth-order valence-corrected chi connectivity index (χ4v) is 2.27. The first-order chi connectivity index (χ1) is 9.16. The molecule has 0 amide bonds. The zero-order chi connectivity index (χ0) is 13.7. The average Bonchev–Trinajstić information content (AvgIpc) is 2.38. The maximum atomic E-state index is 9.31. The predicted octanol–water partition coefficient (Wildman–Crippen LogP) is 4.11. The number of hydrogen-bond donors (Lipinski definition) is 1. The van der Waals surface area contributed by atoms with Gasteiger partial charge in [0, 0.05) is 24.5 Å². The molecule has 1 N–H and O–H groups in total. The summed E-state index contributed by atoms with van der Waals surface area (Å²) in [7, 11) is 0. The standard InChI is InChI=1S/C14H13Cl2NO2/c15-12-8-11(18)9-13(16)14(12)19-7-1-2-10-3-5-17-6-4-10/h3-6,8-9,18H,1-2,7H2. The number of hydrogen-bond acceptors (Lipinski definition) is 3. The third-order valence-electron chi connectivity index (χ3n) is 2.59. The van der Waals surface area contributed by atoms with Crippen molar-refractivity contribution in [3.63, 3.8) is 0 Å². The summed E-state index contributed by atoms with van der Waals surface area (Å²) in [6.07, 6.45) is 5.28. The summed E-state index contributed by atoms with van der Waals surface area (Å²) in [5.41, 5.74) is 1.21. The molecule has 0 bridgehead atoms. The fourth-order valence-electron chi connectivity index (χ4n) is 1.68. The third-order valence-corrected chi connectivity index (χ3v) is 3.15. The number of halogens is 2. The van der Waals surface area contributed by atoms with Gasteiger partial charge in [-0.3, -0.25) is 4.98 Å². The largest absolute Gasteiger partial charge is 0.508 e. The van der Waals surface area contributed by atoms with Crippen molar-refractivity contribution < 1.29 is 9.84 Å². The number of aromatic hydroxyl groups is 1. The van der Waals surface area contributed by atoms with Crippen molar-refractivity contribution in [1.82, 2.24) is 4.98 Å². The van der Waals surface area contributed by atoms with Crippen LogP contribution in [0, 0.1) is 0 Å². The van der Waals surface area contributed by atoms with Crippen molar-refractivity contribution in [3.05, 3.63) is 52.3 Å². The maximum Gasteiger partial charge on any atom is 0.156 e. The van der Waals surface area contributed by atoms with Gasteiger partial charge in [0.25, 0.3) is 0 Å². The lowest BCUT2D eigenvalue weighted by molar-refractivity contribution is 0.311. The third kappa shape index (κ3) is 4.01. The molecule has 0 saturated heterocycles. The molecule has 19 heavy (non-hydrogen) atoms. The second-order valence-corrected chi connectivity index (χ2v) is 4.86. The first-order valence-corrected chi connectivity index (χ1v) is 6.62. The summed E-state index contributed by atoms with van der Waals surface area (Å²) >= 11 is 11.9. The van der Waals surface area contributed by atoms with Gasteiger partial charge >= 0.3 is 0 Å². The van der Waals surface area contributed by atoms with Gasteiger partial charge < -0.3 is 9.84 Å². The van der Waals surface area contributed by atoms with E-state index in [9.17, 15) is 5.11 Å². The van der Waals surface area contributed by atoms with E-state index < -0.39 is 0 Å². The van der Waals surface area contributed by atoms with Crippen LogP contribution in [0.1, 0.15) is 12.0 Å². The van der Waals surface area contributed by atoms with E-state index in [1.54, 1.807) is 12.4 Å². The van der Waals surface area contributed by atoms with Crippen LogP contribution in [0.4, 0.5) is 0 Å². The molecule has 2 rings (SSSR count). The molecular weight excluding hydrogens is 285 g/mol. The second-order valence-electron chi connectivity index (χ2n) is 4.05. The number of benzene rings is 1. The topological polar surface area (TPSA) is 42.4 Å². The molecular formula is C14H13Cl2NO2. The Morgan fingerprint density at radius 3 is 2.37 bits per heavy atom. The van der Waals surface area contributed by atoms with Crippen LogP contribution in [0.3, 0.4) is 0 Å². The van der Waals surface area contributed by atoms with Crippen LogP contribution in [-0.2, 0) is 6.42 Å². The van der Waals surface area contributed by atoms with Crippen molar-refractivity contribution in [2.45, 2.75) is 12.8 Å². The first kappa shape index (κ1) is 14.0. The van der Waals surface area contributed by atoms with Gasteiger partial charge in [0.05, 0.1) is 16.7 Å². The molecule has 0 atom stereocenters. The number of phenols is 1. The Labute approximate surface area is 121 Å². The van der Waals surface area contributed by atoms with Crippen molar-refractivity contribution in [2.75, 3.05) is 6.61 Å². The number of ether oxygens (including phenoxy) is 1. The molecule has 0 spiro atoms. The Morgan fingerprint density at radius 2 is 1.74 bits per heavy atom. The minimum Gasteiger partial charge on any atom is -0.508 e. The zero-order valence-electron chi connectivity index (χ0n) is 10.1. The lowest BCUT2D eigenvalue weighted by atomic mass is 10.1. The van der Waals surface area contributed by atoms with E-state index in [0.29, 0.717) is 22.4 Å². The molecule has 0 saturated carbocycles. The highest BCUT2D eigenvalue weighted by atomic mass is 35.5. The summed E-state index contributed by atoms with van der Waals surface area (Å²) in [6, 6.07) is 6.76. The number of aromatic nitrogens is 1. The van der Waals surface area contributed by atoms with Gasteiger partial charge in [-0.05, 0) is 30.5 Å². The number of phenolic OH excluding ortho intramolecular Hbond substituents is 1. The van der Waals surface area contributed by atoms with Gasteiger partial charge in [-0.15, -0.1) is 0 Å². The summed E-state index contributed by atoms with van der Waals surface area (Å²) in [6.45, 7) is 0.506. The van der Waals surface area contributed by atoms with Crippen molar-refractivity contribution in [1.29, 1.82) is 0 Å². The van der Waals surface area contributed by atoms with E-state index in [0.717, 1.165) is 12.8 Å². The number of nitrogens with zero attached hydrogens (tertiary/aromatic N) is 1. The Hall–Kier alpha value is -1.45. The second kappa shape index (κ2) is 6.64. The average molecular weight is 298 g/mol. The Kier molecular flexibility index (Phi) is 4.88. The zero-order valence-corrected chi connectivity index (χ0v) is 11.7. The van der Waals surface area contributed by atoms with E-state index in [-0.39, 0.29) is 5.75 Å². The summed E-state index contributed by atoms with van der Waals surface area (Å²) in [4.78, 5) is 3.96. The normalized spacial score (nSPS) is 10.4. The molecule has 1 aromatic heterocycles. The van der Waals surface area contributed by atoms with Gasteiger partial charge in [-0.25, -0.2) is 0 Å². The molecule has 0 unspecified atom stereocenters. The molecule has 5 heteroatoms. The fraction of sp³-hybridized carbons (Fsp3) is 0.214. The molecule has 0 aliphatic rings. The molecule has 0 aliphatic heterocycles. The van der Waals surface area contributed by atoms with Crippen LogP contribution >= 0.6 is 23.2 Å². The number of aryl methyl sites for hydroxylation is 1. The minimum atomic E-state index is 0.0270. The predicted molar refractivity (Wildman–Crippen MR) is 76.2 cm³/mol. The van der Waals surface area contributed by atoms with Crippen molar-refractivity contribution >= 4 is 23.2 Å².